The molecule has 0 aliphatic heterocycles. The van der Waals surface area contributed by atoms with Gasteiger partial charge in [0.15, 0.2) is 0 Å². The van der Waals surface area contributed by atoms with E-state index in [0.29, 0.717) is 6.04 Å². The highest BCUT2D eigenvalue weighted by molar-refractivity contribution is 5.75. The summed E-state index contributed by atoms with van der Waals surface area (Å²) in [5.74, 6) is 1.92. The third kappa shape index (κ3) is 1.95. The molecule has 1 aliphatic carbocycles. The zero-order chi connectivity index (χ0) is 11.8. The van der Waals surface area contributed by atoms with Crippen LogP contribution in [0.3, 0.4) is 0 Å². The molecule has 90 valence electrons. The van der Waals surface area contributed by atoms with E-state index in [1.807, 2.05) is 6.07 Å². The highest BCUT2D eigenvalue weighted by atomic mass is 15.1. The van der Waals surface area contributed by atoms with E-state index in [1.165, 1.54) is 24.2 Å². The van der Waals surface area contributed by atoms with Crippen LogP contribution in [-0.2, 0) is 13.5 Å². The average Bonchev–Trinajstić information content (AvgIpc) is 2.86. The molecule has 3 nitrogen and oxygen atoms in total. The number of rotatable bonds is 2. The van der Waals surface area contributed by atoms with Gasteiger partial charge in [0.2, 0.25) is 0 Å². The fraction of sp³-hybridized carbons (Fsp3) is 0.500. The van der Waals surface area contributed by atoms with Crippen LogP contribution < -0.4 is 5.73 Å². The molecular weight excluding hydrogens is 210 g/mol. The van der Waals surface area contributed by atoms with Crippen molar-refractivity contribution in [1.29, 1.82) is 0 Å². The van der Waals surface area contributed by atoms with Crippen LogP contribution in [0.2, 0.25) is 0 Å². The van der Waals surface area contributed by atoms with Gasteiger partial charge in [-0.1, -0.05) is 12.1 Å². The van der Waals surface area contributed by atoms with E-state index in [4.69, 9.17) is 10.7 Å². The summed E-state index contributed by atoms with van der Waals surface area (Å²) in [5.41, 5.74) is 8.30. The van der Waals surface area contributed by atoms with E-state index >= 15 is 0 Å². The summed E-state index contributed by atoms with van der Waals surface area (Å²) >= 11 is 0. The monoisotopic (exact) mass is 229 g/mol. The largest absolute Gasteiger partial charge is 0.331 e. The standard InChI is InChI=1S/C14H19N3/c1-17-13-5-3-2-4-12(13)16-14(17)9-10-6-7-11(15)8-10/h2-5,10-11H,6-9,15H2,1H3. The molecule has 1 aromatic heterocycles. The highest BCUT2D eigenvalue weighted by Crippen LogP contribution is 2.28. The third-order valence-corrected chi connectivity index (χ3v) is 3.93. The molecule has 1 fully saturated rings. The molecule has 1 saturated carbocycles. The Morgan fingerprint density at radius 2 is 2.18 bits per heavy atom. The number of nitrogens with two attached hydrogens (primary N) is 1. The summed E-state index contributed by atoms with van der Waals surface area (Å²) < 4.78 is 2.22. The second-order valence-electron chi connectivity index (χ2n) is 5.22. The van der Waals surface area contributed by atoms with Gasteiger partial charge < -0.3 is 10.3 Å². The molecule has 1 heterocycles. The first-order valence-corrected chi connectivity index (χ1v) is 6.40. The minimum Gasteiger partial charge on any atom is -0.331 e. The molecule has 17 heavy (non-hydrogen) atoms. The lowest BCUT2D eigenvalue weighted by atomic mass is 10.0. The van der Waals surface area contributed by atoms with Crippen molar-refractivity contribution in [2.24, 2.45) is 18.7 Å². The van der Waals surface area contributed by atoms with Crippen molar-refractivity contribution in [3.05, 3.63) is 30.1 Å². The van der Waals surface area contributed by atoms with Crippen LogP contribution in [0.4, 0.5) is 0 Å². The quantitative estimate of drug-likeness (QED) is 0.858. The number of para-hydroxylation sites is 2. The predicted octanol–water partition coefficient (Wildman–Crippen LogP) is 2.24. The fourth-order valence-electron chi connectivity index (χ4n) is 2.94. The Balaban J connectivity index is 1.88. The number of hydrogen-bond donors (Lipinski definition) is 1. The van der Waals surface area contributed by atoms with E-state index in [-0.39, 0.29) is 0 Å². The summed E-state index contributed by atoms with van der Waals surface area (Å²) in [4.78, 5) is 4.72. The third-order valence-electron chi connectivity index (χ3n) is 3.93. The Morgan fingerprint density at radius 1 is 1.35 bits per heavy atom. The molecule has 3 heteroatoms. The number of benzene rings is 1. The van der Waals surface area contributed by atoms with E-state index in [9.17, 15) is 0 Å². The maximum Gasteiger partial charge on any atom is 0.109 e. The van der Waals surface area contributed by atoms with E-state index in [0.717, 1.165) is 24.3 Å². The summed E-state index contributed by atoms with van der Waals surface area (Å²) in [6.45, 7) is 0. The molecule has 3 rings (SSSR count). The minimum absolute atomic E-state index is 0.412. The summed E-state index contributed by atoms with van der Waals surface area (Å²) in [5, 5.41) is 0. The first-order chi connectivity index (χ1) is 8.24. The normalized spacial score (nSPS) is 24.6. The van der Waals surface area contributed by atoms with Gasteiger partial charge in [-0.2, -0.15) is 0 Å². The molecule has 0 spiro atoms. The van der Waals surface area contributed by atoms with Crippen LogP contribution in [-0.4, -0.2) is 15.6 Å². The minimum atomic E-state index is 0.412. The molecule has 0 amide bonds. The molecular formula is C14H19N3. The van der Waals surface area contributed by atoms with Gasteiger partial charge in [-0.25, -0.2) is 4.98 Å². The number of hydrogen-bond acceptors (Lipinski definition) is 2. The summed E-state index contributed by atoms with van der Waals surface area (Å²) in [6.07, 6.45) is 4.65. The summed E-state index contributed by atoms with van der Waals surface area (Å²) in [6, 6.07) is 8.74. The molecule has 0 bridgehead atoms. The van der Waals surface area contributed by atoms with Crippen molar-refractivity contribution in [1.82, 2.24) is 9.55 Å². The lowest BCUT2D eigenvalue weighted by Crippen LogP contribution is -2.15. The Hall–Kier alpha value is -1.35. The van der Waals surface area contributed by atoms with Crippen LogP contribution in [0.15, 0.2) is 24.3 Å². The van der Waals surface area contributed by atoms with Crippen molar-refractivity contribution in [3.8, 4) is 0 Å². The van der Waals surface area contributed by atoms with Crippen molar-refractivity contribution < 1.29 is 0 Å². The predicted molar refractivity (Wildman–Crippen MR) is 69.7 cm³/mol. The fourth-order valence-corrected chi connectivity index (χ4v) is 2.94. The van der Waals surface area contributed by atoms with Crippen LogP contribution in [0.5, 0.6) is 0 Å². The van der Waals surface area contributed by atoms with Crippen molar-refractivity contribution in [2.45, 2.75) is 31.7 Å². The van der Waals surface area contributed by atoms with Crippen molar-refractivity contribution >= 4 is 11.0 Å². The lowest BCUT2D eigenvalue weighted by molar-refractivity contribution is 0.513. The SMILES string of the molecule is Cn1c(CC2CCC(N)C2)nc2ccccc21. The van der Waals surface area contributed by atoms with Gasteiger partial charge >= 0.3 is 0 Å². The van der Waals surface area contributed by atoms with Crippen molar-refractivity contribution in [2.75, 3.05) is 0 Å². The van der Waals surface area contributed by atoms with Crippen molar-refractivity contribution in [3.63, 3.8) is 0 Å². The zero-order valence-corrected chi connectivity index (χ0v) is 10.3. The number of fused-ring (bicyclic) bond motifs is 1. The topological polar surface area (TPSA) is 43.8 Å². The lowest BCUT2D eigenvalue weighted by Gasteiger charge is -2.09. The Kier molecular flexibility index (Phi) is 2.63. The van der Waals surface area contributed by atoms with Gasteiger partial charge in [-0.05, 0) is 37.3 Å². The highest BCUT2D eigenvalue weighted by Gasteiger charge is 2.23. The van der Waals surface area contributed by atoms with Gasteiger partial charge in [0.05, 0.1) is 11.0 Å². The van der Waals surface area contributed by atoms with Gasteiger partial charge in [0, 0.05) is 19.5 Å². The molecule has 1 aliphatic rings. The molecule has 2 N–H and O–H groups in total. The van der Waals surface area contributed by atoms with E-state index < -0.39 is 0 Å². The van der Waals surface area contributed by atoms with Crippen LogP contribution in [0.1, 0.15) is 25.1 Å². The smallest absolute Gasteiger partial charge is 0.109 e. The maximum absolute atomic E-state index is 5.96. The molecule has 1 aromatic carbocycles. The number of aromatic nitrogens is 2. The van der Waals surface area contributed by atoms with Gasteiger partial charge in [-0.15, -0.1) is 0 Å². The molecule has 0 radical (unpaired) electrons. The van der Waals surface area contributed by atoms with Gasteiger partial charge in [0.25, 0.3) is 0 Å². The van der Waals surface area contributed by atoms with Gasteiger partial charge in [-0.3, -0.25) is 0 Å². The number of aryl methyl sites for hydroxylation is 1. The first-order valence-electron chi connectivity index (χ1n) is 6.40. The second kappa shape index (κ2) is 4.15. The molecule has 2 aromatic rings. The number of nitrogens with zero attached hydrogens (tertiary/aromatic N) is 2. The van der Waals surface area contributed by atoms with Gasteiger partial charge in [0.1, 0.15) is 5.82 Å². The molecule has 0 saturated heterocycles. The average molecular weight is 229 g/mol. The number of imidazole rings is 1. The van der Waals surface area contributed by atoms with Crippen LogP contribution >= 0.6 is 0 Å². The zero-order valence-electron chi connectivity index (χ0n) is 10.3. The maximum atomic E-state index is 5.96. The Bertz CT molecular complexity index is 529. The Morgan fingerprint density at radius 3 is 2.88 bits per heavy atom. The first kappa shape index (κ1) is 10.8. The Labute approximate surface area is 102 Å². The van der Waals surface area contributed by atoms with E-state index in [1.54, 1.807) is 0 Å². The van der Waals surface area contributed by atoms with Crippen LogP contribution in [0, 0.1) is 5.92 Å². The second-order valence-corrected chi connectivity index (χ2v) is 5.22. The summed E-state index contributed by atoms with van der Waals surface area (Å²) in [7, 11) is 2.11. The van der Waals surface area contributed by atoms with Crippen LogP contribution in [0.25, 0.3) is 11.0 Å². The molecule has 2 atom stereocenters. The molecule has 2 unspecified atom stereocenters. The van der Waals surface area contributed by atoms with E-state index in [2.05, 4.69) is 29.8 Å².